The van der Waals surface area contributed by atoms with Crippen molar-refractivity contribution in [1.82, 2.24) is 0 Å². The summed E-state index contributed by atoms with van der Waals surface area (Å²) in [7, 11) is 0. The largest absolute Gasteiger partial charge is 0.393 e. The molecule has 0 aromatic heterocycles. The summed E-state index contributed by atoms with van der Waals surface area (Å²) in [5.41, 5.74) is 7.10. The van der Waals surface area contributed by atoms with E-state index in [1.807, 2.05) is 25.1 Å². The summed E-state index contributed by atoms with van der Waals surface area (Å²) in [5.74, 6) is 0. The number of hydrogen-bond donors (Lipinski definition) is 2. The van der Waals surface area contributed by atoms with Gasteiger partial charge in [-0.3, -0.25) is 0 Å². The van der Waals surface area contributed by atoms with Crippen LogP contribution in [0.2, 0.25) is 10.0 Å². The smallest absolute Gasteiger partial charge is 0.0595 e. The summed E-state index contributed by atoms with van der Waals surface area (Å²) in [6, 6.07) is 5.66. The third-order valence-electron chi connectivity index (χ3n) is 4.13. The molecule has 0 saturated heterocycles. The highest BCUT2D eigenvalue weighted by Crippen LogP contribution is 2.43. The average Bonchev–Trinajstić information content (AvgIpc) is 2.32. The highest BCUT2D eigenvalue weighted by atomic mass is 35.5. The second kappa shape index (κ2) is 5.38. The number of nitrogens with two attached hydrogens (primary N) is 1. The van der Waals surface area contributed by atoms with E-state index in [1.165, 1.54) is 0 Å². The molecule has 1 aromatic rings. The zero-order chi connectivity index (χ0) is 13.3. The Labute approximate surface area is 118 Å². The molecule has 2 nitrogen and oxygen atoms in total. The Hall–Kier alpha value is -0.280. The van der Waals surface area contributed by atoms with Crippen molar-refractivity contribution in [1.29, 1.82) is 0 Å². The SMILES string of the molecule is CC(N)C1(c2ccc(Cl)c(Cl)c2)CCCC(O)C1. The Balaban J connectivity index is 2.43. The van der Waals surface area contributed by atoms with Crippen LogP contribution < -0.4 is 5.73 Å². The van der Waals surface area contributed by atoms with Crippen molar-refractivity contribution in [3.05, 3.63) is 33.8 Å². The lowest BCUT2D eigenvalue weighted by Gasteiger charge is -2.43. The molecular formula is C14H19Cl2NO. The molecule has 0 bridgehead atoms. The first-order valence-corrected chi connectivity index (χ1v) is 7.10. The number of aliphatic hydroxyl groups excluding tert-OH is 1. The predicted octanol–water partition coefficient (Wildman–Crippen LogP) is 3.51. The van der Waals surface area contributed by atoms with E-state index in [0.29, 0.717) is 16.5 Å². The molecule has 0 radical (unpaired) electrons. The molecule has 0 amide bonds. The molecule has 1 saturated carbocycles. The van der Waals surface area contributed by atoms with Crippen molar-refractivity contribution < 1.29 is 5.11 Å². The molecule has 3 atom stereocenters. The molecule has 0 spiro atoms. The van der Waals surface area contributed by atoms with Crippen molar-refractivity contribution in [3.63, 3.8) is 0 Å². The highest BCUT2D eigenvalue weighted by Gasteiger charge is 2.40. The third kappa shape index (κ3) is 2.53. The van der Waals surface area contributed by atoms with E-state index in [-0.39, 0.29) is 17.6 Å². The molecule has 4 heteroatoms. The van der Waals surface area contributed by atoms with Crippen LogP contribution in [0.15, 0.2) is 18.2 Å². The van der Waals surface area contributed by atoms with Crippen LogP contribution in [0.1, 0.15) is 38.2 Å². The second-order valence-corrected chi connectivity index (χ2v) is 6.14. The Morgan fingerprint density at radius 3 is 2.67 bits per heavy atom. The van der Waals surface area contributed by atoms with E-state index >= 15 is 0 Å². The zero-order valence-electron chi connectivity index (χ0n) is 10.5. The lowest BCUT2D eigenvalue weighted by Crippen LogP contribution is -2.48. The maximum atomic E-state index is 9.96. The minimum atomic E-state index is -0.279. The van der Waals surface area contributed by atoms with E-state index in [0.717, 1.165) is 24.8 Å². The van der Waals surface area contributed by atoms with Gasteiger partial charge in [-0.05, 0) is 50.3 Å². The molecule has 2 rings (SSSR count). The molecule has 0 aliphatic heterocycles. The molecule has 18 heavy (non-hydrogen) atoms. The van der Waals surface area contributed by atoms with E-state index in [1.54, 1.807) is 0 Å². The maximum absolute atomic E-state index is 9.96. The molecule has 1 aliphatic rings. The fraction of sp³-hybridized carbons (Fsp3) is 0.571. The van der Waals surface area contributed by atoms with Gasteiger partial charge in [-0.25, -0.2) is 0 Å². The summed E-state index contributed by atoms with van der Waals surface area (Å²) < 4.78 is 0. The average molecular weight is 288 g/mol. The fourth-order valence-corrected chi connectivity index (χ4v) is 3.32. The van der Waals surface area contributed by atoms with Crippen LogP contribution in [-0.4, -0.2) is 17.3 Å². The summed E-state index contributed by atoms with van der Waals surface area (Å²) in [6.07, 6.45) is 3.25. The second-order valence-electron chi connectivity index (χ2n) is 5.32. The Kier molecular flexibility index (Phi) is 4.22. The summed E-state index contributed by atoms with van der Waals surface area (Å²) in [4.78, 5) is 0. The van der Waals surface area contributed by atoms with Crippen LogP contribution in [0, 0.1) is 0 Å². The van der Waals surface area contributed by atoms with Gasteiger partial charge in [-0.1, -0.05) is 29.3 Å². The molecule has 1 fully saturated rings. The molecule has 100 valence electrons. The van der Waals surface area contributed by atoms with E-state index in [4.69, 9.17) is 28.9 Å². The lowest BCUT2D eigenvalue weighted by atomic mass is 9.65. The summed E-state index contributed by atoms with van der Waals surface area (Å²) in [6.45, 7) is 2.00. The van der Waals surface area contributed by atoms with E-state index in [9.17, 15) is 5.11 Å². The highest BCUT2D eigenvalue weighted by molar-refractivity contribution is 6.42. The van der Waals surface area contributed by atoms with Crippen LogP contribution in [0.5, 0.6) is 0 Å². The first-order chi connectivity index (χ1) is 8.45. The van der Waals surface area contributed by atoms with Gasteiger partial charge in [0.1, 0.15) is 0 Å². The number of aliphatic hydroxyl groups is 1. The normalized spacial score (nSPS) is 30.2. The third-order valence-corrected chi connectivity index (χ3v) is 4.87. The van der Waals surface area contributed by atoms with E-state index < -0.39 is 0 Å². The Bertz CT molecular complexity index is 436. The van der Waals surface area contributed by atoms with Gasteiger partial charge < -0.3 is 10.8 Å². The van der Waals surface area contributed by atoms with Crippen LogP contribution in [0.4, 0.5) is 0 Å². The molecule has 1 aromatic carbocycles. The quantitative estimate of drug-likeness (QED) is 0.874. The topological polar surface area (TPSA) is 46.2 Å². The van der Waals surface area contributed by atoms with Crippen molar-refractivity contribution in [3.8, 4) is 0 Å². The van der Waals surface area contributed by atoms with Gasteiger partial charge in [-0.15, -0.1) is 0 Å². The predicted molar refractivity (Wildman–Crippen MR) is 76.3 cm³/mol. The minimum Gasteiger partial charge on any atom is -0.393 e. The zero-order valence-corrected chi connectivity index (χ0v) is 12.0. The van der Waals surface area contributed by atoms with Crippen LogP contribution in [0.25, 0.3) is 0 Å². The van der Waals surface area contributed by atoms with Gasteiger partial charge in [0, 0.05) is 11.5 Å². The molecule has 1 aliphatic carbocycles. The minimum absolute atomic E-state index is 0.0234. The van der Waals surface area contributed by atoms with Crippen LogP contribution in [0.3, 0.4) is 0 Å². The molecule has 3 unspecified atom stereocenters. The van der Waals surface area contributed by atoms with Crippen molar-refractivity contribution in [2.45, 2.75) is 50.2 Å². The van der Waals surface area contributed by atoms with Crippen molar-refractivity contribution in [2.24, 2.45) is 5.73 Å². The van der Waals surface area contributed by atoms with Gasteiger partial charge in [0.15, 0.2) is 0 Å². The number of benzene rings is 1. The van der Waals surface area contributed by atoms with Gasteiger partial charge >= 0.3 is 0 Å². The maximum Gasteiger partial charge on any atom is 0.0595 e. The molecule has 0 heterocycles. The van der Waals surface area contributed by atoms with Crippen LogP contribution >= 0.6 is 23.2 Å². The summed E-state index contributed by atoms with van der Waals surface area (Å²) in [5, 5.41) is 11.1. The van der Waals surface area contributed by atoms with Gasteiger partial charge in [0.25, 0.3) is 0 Å². The summed E-state index contributed by atoms with van der Waals surface area (Å²) >= 11 is 12.1. The van der Waals surface area contributed by atoms with Gasteiger partial charge in [-0.2, -0.15) is 0 Å². The number of rotatable bonds is 2. The van der Waals surface area contributed by atoms with Crippen molar-refractivity contribution in [2.75, 3.05) is 0 Å². The Morgan fingerprint density at radius 1 is 1.39 bits per heavy atom. The lowest BCUT2D eigenvalue weighted by molar-refractivity contribution is 0.0754. The van der Waals surface area contributed by atoms with Crippen molar-refractivity contribution >= 4 is 23.2 Å². The van der Waals surface area contributed by atoms with Gasteiger partial charge in [0.05, 0.1) is 16.1 Å². The van der Waals surface area contributed by atoms with Crippen LogP contribution in [-0.2, 0) is 5.41 Å². The standard InChI is InChI=1S/C14H19Cl2NO/c1-9(17)14(6-2-3-11(18)8-14)10-4-5-12(15)13(16)7-10/h4-5,7,9,11,18H,2-3,6,8,17H2,1H3. The molecule has 3 N–H and O–H groups in total. The van der Waals surface area contributed by atoms with Gasteiger partial charge in [0.2, 0.25) is 0 Å². The first-order valence-electron chi connectivity index (χ1n) is 6.35. The first kappa shape index (κ1) is 14.1. The fourth-order valence-electron chi connectivity index (χ4n) is 3.02. The monoisotopic (exact) mass is 287 g/mol. The molecular weight excluding hydrogens is 269 g/mol. The van der Waals surface area contributed by atoms with E-state index in [2.05, 4.69) is 0 Å². The Morgan fingerprint density at radius 2 is 2.11 bits per heavy atom. The number of hydrogen-bond acceptors (Lipinski definition) is 2. The number of halogens is 2.